The highest BCUT2D eigenvalue weighted by Crippen LogP contribution is 2.40. The van der Waals surface area contributed by atoms with Crippen molar-refractivity contribution in [3.8, 4) is 0 Å². The number of hydrogen-bond donors (Lipinski definition) is 5. The summed E-state index contributed by atoms with van der Waals surface area (Å²) in [5, 5.41) is 26.6. The van der Waals surface area contributed by atoms with Gasteiger partial charge in [-0.2, -0.15) is 0 Å². The number of carboxylic acid groups (broad SMARTS) is 1. The van der Waals surface area contributed by atoms with Crippen molar-refractivity contribution in [1.29, 1.82) is 0 Å². The summed E-state index contributed by atoms with van der Waals surface area (Å²) in [6.07, 6.45) is 1.82. The average molecular weight is 303 g/mol. The van der Waals surface area contributed by atoms with Crippen molar-refractivity contribution in [3.63, 3.8) is 0 Å². The number of nitrogens with two attached hydrogens (primary N) is 2. The Morgan fingerprint density at radius 1 is 1.39 bits per heavy atom. The first-order valence-electron chi connectivity index (χ1n) is 5.48. The second kappa shape index (κ2) is 8.19. The molecule has 9 heteroatoms. The number of carbonyl (C=O) groups is 1. The molecule has 3 unspecified atom stereocenters. The van der Waals surface area contributed by atoms with Crippen molar-refractivity contribution in [2.45, 2.75) is 31.1 Å². The molecule has 0 aromatic carbocycles. The third-order valence-corrected chi connectivity index (χ3v) is 3.49. The third kappa shape index (κ3) is 4.57. The fraction of sp³-hybridized carbons (Fsp3) is 0.889. The maximum Gasteiger partial charge on any atom is 0.451 e. The first kappa shape index (κ1) is 20.3. The van der Waals surface area contributed by atoms with Gasteiger partial charge in [-0.05, 0) is 31.6 Å². The van der Waals surface area contributed by atoms with E-state index in [1.54, 1.807) is 0 Å². The zero-order valence-electron chi connectivity index (χ0n) is 9.99. The molecule has 1 rings (SSSR count). The van der Waals surface area contributed by atoms with Crippen LogP contribution < -0.4 is 11.5 Å². The molecule has 0 aromatic rings. The van der Waals surface area contributed by atoms with E-state index in [2.05, 4.69) is 0 Å². The van der Waals surface area contributed by atoms with E-state index in [-0.39, 0.29) is 49.5 Å². The minimum Gasteiger partial charge on any atom is -0.480 e. The van der Waals surface area contributed by atoms with Crippen LogP contribution in [0.5, 0.6) is 0 Å². The van der Waals surface area contributed by atoms with Gasteiger partial charge in [0.15, 0.2) is 0 Å². The van der Waals surface area contributed by atoms with E-state index in [1.165, 1.54) is 0 Å². The number of rotatable bonds is 5. The zero-order valence-corrected chi connectivity index (χ0v) is 11.6. The molecule has 0 bridgehead atoms. The molecular weight excluding hydrogens is 282 g/mol. The molecule has 0 heterocycles. The third-order valence-electron chi connectivity index (χ3n) is 3.49. The summed E-state index contributed by atoms with van der Waals surface area (Å²) in [5.41, 5.74) is 10.1. The molecule has 1 fully saturated rings. The van der Waals surface area contributed by atoms with Gasteiger partial charge in [-0.3, -0.25) is 4.79 Å². The van der Waals surface area contributed by atoms with Crippen molar-refractivity contribution in [2.75, 3.05) is 6.54 Å². The van der Waals surface area contributed by atoms with Crippen LogP contribution in [0.4, 0.5) is 0 Å². The van der Waals surface area contributed by atoms with Crippen LogP contribution in [0.2, 0.25) is 6.32 Å². The van der Waals surface area contributed by atoms with Gasteiger partial charge in [-0.1, -0.05) is 6.42 Å². The summed E-state index contributed by atoms with van der Waals surface area (Å²) in [6, 6.07) is 0. The Bertz CT molecular complexity index is 273. The second-order valence-corrected chi connectivity index (χ2v) is 4.64. The molecule has 1 aliphatic carbocycles. The van der Waals surface area contributed by atoms with Gasteiger partial charge in [0.25, 0.3) is 0 Å². The van der Waals surface area contributed by atoms with E-state index in [9.17, 15) is 4.79 Å². The largest absolute Gasteiger partial charge is 0.480 e. The van der Waals surface area contributed by atoms with E-state index in [1.807, 2.05) is 0 Å². The molecule has 1 aliphatic rings. The molecule has 108 valence electrons. The van der Waals surface area contributed by atoms with E-state index < -0.39 is 18.6 Å². The number of aliphatic carboxylic acids is 1. The topological polar surface area (TPSA) is 130 Å². The second-order valence-electron chi connectivity index (χ2n) is 4.64. The van der Waals surface area contributed by atoms with Gasteiger partial charge in [0.1, 0.15) is 5.54 Å². The molecule has 3 atom stereocenters. The molecule has 0 spiro atoms. The summed E-state index contributed by atoms with van der Waals surface area (Å²) in [6.45, 7) is 0.251. The fourth-order valence-corrected chi connectivity index (χ4v) is 2.51. The summed E-state index contributed by atoms with van der Waals surface area (Å²) in [7, 11) is -1.34. The number of halogens is 2. The highest BCUT2D eigenvalue weighted by Gasteiger charge is 2.49. The van der Waals surface area contributed by atoms with Crippen LogP contribution in [-0.2, 0) is 4.79 Å². The Morgan fingerprint density at radius 2 is 1.94 bits per heavy atom. The Kier molecular flexibility index (Phi) is 9.23. The Labute approximate surface area is 119 Å². The SMILES string of the molecule is Cl.Cl.NCC1CC(CCB(O)O)CC1(N)C(=O)O. The van der Waals surface area contributed by atoms with Gasteiger partial charge < -0.3 is 26.6 Å². The molecular formula is C9H21BCl2N2O4. The quantitative estimate of drug-likeness (QED) is 0.434. The first-order chi connectivity index (χ1) is 7.40. The van der Waals surface area contributed by atoms with Crippen LogP contribution in [0.3, 0.4) is 0 Å². The van der Waals surface area contributed by atoms with Crippen molar-refractivity contribution < 1.29 is 19.9 Å². The van der Waals surface area contributed by atoms with E-state index >= 15 is 0 Å². The Balaban J connectivity index is 0. The van der Waals surface area contributed by atoms with Gasteiger partial charge in [0.2, 0.25) is 0 Å². The van der Waals surface area contributed by atoms with Crippen LogP contribution in [-0.4, -0.2) is 40.3 Å². The van der Waals surface area contributed by atoms with Crippen LogP contribution in [0.1, 0.15) is 19.3 Å². The fourth-order valence-electron chi connectivity index (χ4n) is 2.51. The maximum atomic E-state index is 11.1. The minimum atomic E-state index is -1.34. The molecule has 0 amide bonds. The molecule has 18 heavy (non-hydrogen) atoms. The molecule has 7 N–H and O–H groups in total. The lowest BCUT2D eigenvalue weighted by molar-refractivity contribution is -0.144. The van der Waals surface area contributed by atoms with Gasteiger partial charge in [0, 0.05) is 5.92 Å². The Hall–Kier alpha value is -0.0451. The predicted octanol–water partition coefficient (Wildman–Crippen LogP) is -0.540. The summed E-state index contributed by atoms with van der Waals surface area (Å²) in [4.78, 5) is 11.1. The first-order valence-corrected chi connectivity index (χ1v) is 5.48. The van der Waals surface area contributed by atoms with Crippen LogP contribution >= 0.6 is 24.8 Å². The lowest BCUT2D eigenvalue weighted by atomic mass is 9.80. The lowest BCUT2D eigenvalue weighted by Gasteiger charge is -2.25. The van der Waals surface area contributed by atoms with Gasteiger partial charge >= 0.3 is 13.1 Å². The standard InChI is InChI=1S/C9H19BN2O4.2ClH/c11-5-7-3-6(1-2-10(15)16)4-9(7,12)8(13)14;;/h6-7,15-16H,1-5,11-12H2,(H,13,14);2*1H. The molecule has 6 nitrogen and oxygen atoms in total. The minimum absolute atomic E-state index is 0. The Morgan fingerprint density at radius 3 is 2.28 bits per heavy atom. The van der Waals surface area contributed by atoms with E-state index in [4.69, 9.17) is 26.6 Å². The normalized spacial score (nSPS) is 30.2. The van der Waals surface area contributed by atoms with Crippen molar-refractivity contribution in [2.24, 2.45) is 23.3 Å². The molecule has 0 radical (unpaired) electrons. The van der Waals surface area contributed by atoms with E-state index in [0.29, 0.717) is 19.3 Å². The van der Waals surface area contributed by atoms with Crippen molar-refractivity contribution in [3.05, 3.63) is 0 Å². The monoisotopic (exact) mass is 302 g/mol. The molecule has 0 aromatic heterocycles. The van der Waals surface area contributed by atoms with Crippen LogP contribution in [0.15, 0.2) is 0 Å². The molecule has 1 saturated carbocycles. The zero-order chi connectivity index (χ0) is 12.3. The number of hydrogen-bond acceptors (Lipinski definition) is 5. The summed E-state index contributed by atoms with van der Waals surface area (Å²) in [5.74, 6) is -1.14. The predicted molar refractivity (Wildman–Crippen MR) is 73.9 cm³/mol. The van der Waals surface area contributed by atoms with Gasteiger partial charge in [0.05, 0.1) is 0 Å². The van der Waals surface area contributed by atoms with E-state index in [0.717, 1.165) is 0 Å². The number of carboxylic acids is 1. The molecule has 0 aliphatic heterocycles. The summed E-state index contributed by atoms with van der Waals surface area (Å²) >= 11 is 0. The van der Waals surface area contributed by atoms with Crippen LogP contribution in [0, 0.1) is 11.8 Å². The highest BCUT2D eigenvalue weighted by molar-refractivity contribution is 6.40. The average Bonchev–Trinajstić information content (AvgIpc) is 2.53. The highest BCUT2D eigenvalue weighted by atomic mass is 35.5. The summed E-state index contributed by atoms with van der Waals surface area (Å²) < 4.78 is 0. The van der Waals surface area contributed by atoms with Crippen LogP contribution in [0.25, 0.3) is 0 Å². The lowest BCUT2D eigenvalue weighted by Crippen LogP contribution is -2.53. The van der Waals surface area contributed by atoms with Crippen molar-refractivity contribution >= 4 is 37.9 Å². The van der Waals surface area contributed by atoms with Gasteiger partial charge in [-0.25, -0.2) is 0 Å². The maximum absolute atomic E-state index is 11.1. The van der Waals surface area contributed by atoms with Gasteiger partial charge in [-0.15, -0.1) is 24.8 Å². The van der Waals surface area contributed by atoms with Crippen molar-refractivity contribution in [1.82, 2.24) is 0 Å². The molecule has 0 saturated heterocycles. The smallest absolute Gasteiger partial charge is 0.451 e.